The third-order valence-corrected chi connectivity index (χ3v) is 8.43. The summed E-state index contributed by atoms with van der Waals surface area (Å²) >= 11 is 9.53. The number of halogens is 2. The van der Waals surface area contributed by atoms with Crippen LogP contribution in [0.4, 0.5) is 5.69 Å². The zero-order valence-corrected chi connectivity index (χ0v) is 26.5. The van der Waals surface area contributed by atoms with E-state index in [4.69, 9.17) is 11.6 Å². The molecule has 3 aromatic carbocycles. The first-order chi connectivity index (χ1) is 18.6. The maximum Gasteiger partial charge on any atom is 0.244 e. The number of amides is 2. The highest BCUT2D eigenvalue weighted by Gasteiger charge is 2.34. The number of carbonyl (C=O) groups excluding carboxylic acids is 2. The summed E-state index contributed by atoms with van der Waals surface area (Å²) < 4.78 is 27.7. The smallest absolute Gasteiger partial charge is 0.244 e. The van der Waals surface area contributed by atoms with Gasteiger partial charge in [0.15, 0.2) is 0 Å². The van der Waals surface area contributed by atoms with Gasteiger partial charge in [-0.25, -0.2) is 8.42 Å². The Morgan fingerprint density at radius 3 is 2.15 bits per heavy atom. The average Bonchev–Trinajstić information content (AvgIpc) is 2.86. The van der Waals surface area contributed by atoms with E-state index in [9.17, 15) is 18.0 Å². The molecular weight excluding hydrogens is 614 g/mol. The molecule has 3 aromatic rings. The highest BCUT2D eigenvalue weighted by atomic mass is 79.9. The van der Waals surface area contributed by atoms with E-state index >= 15 is 0 Å². The van der Waals surface area contributed by atoms with Crippen LogP contribution in [-0.4, -0.2) is 49.5 Å². The quantitative estimate of drug-likeness (QED) is 0.304. The van der Waals surface area contributed by atoms with E-state index in [0.717, 1.165) is 31.7 Å². The number of anilines is 1. The van der Waals surface area contributed by atoms with Gasteiger partial charge < -0.3 is 10.2 Å². The lowest BCUT2D eigenvalue weighted by Gasteiger charge is -2.35. The number of benzene rings is 3. The molecule has 0 aromatic heterocycles. The summed E-state index contributed by atoms with van der Waals surface area (Å²) in [6.07, 6.45) is 1.31. The first-order valence-corrected chi connectivity index (χ1v) is 15.8. The molecule has 1 N–H and O–H groups in total. The molecule has 0 bridgehead atoms. The van der Waals surface area contributed by atoms with Crippen LogP contribution in [0.15, 0.2) is 77.3 Å². The third kappa shape index (κ3) is 9.08. The summed E-state index contributed by atoms with van der Waals surface area (Å²) in [5, 5.41) is 3.55. The minimum atomic E-state index is -3.84. The normalized spacial score (nSPS) is 12.5. The summed E-state index contributed by atoms with van der Waals surface area (Å²) in [6, 6.07) is 20.6. The number of nitrogens with one attached hydrogen (secondary N) is 1. The highest BCUT2D eigenvalue weighted by Crippen LogP contribution is 2.26. The molecule has 2 amide bonds. The van der Waals surface area contributed by atoms with Gasteiger partial charge >= 0.3 is 0 Å². The Morgan fingerprint density at radius 2 is 1.60 bits per heavy atom. The fraction of sp³-hybridized carbons (Fsp3) is 0.333. The molecule has 0 aliphatic heterocycles. The summed E-state index contributed by atoms with van der Waals surface area (Å²) in [6.45, 7) is 7.07. The van der Waals surface area contributed by atoms with Gasteiger partial charge in [0.1, 0.15) is 12.6 Å². The lowest BCUT2D eigenvalue weighted by molar-refractivity contribution is -0.140. The van der Waals surface area contributed by atoms with Gasteiger partial charge in [0.05, 0.1) is 11.9 Å². The van der Waals surface area contributed by atoms with Gasteiger partial charge in [-0.2, -0.15) is 0 Å². The molecule has 10 heteroatoms. The molecular formula is C30H35BrClN3O4S. The Bertz CT molecular complexity index is 1440. The minimum Gasteiger partial charge on any atom is -0.350 e. The van der Waals surface area contributed by atoms with Crippen molar-refractivity contribution < 1.29 is 18.0 Å². The first-order valence-electron chi connectivity index (χ1n) is 12.8. The molecule has 0 spiro atoms. The number of hydrogen-bond donors (Lipinski definition) is 1. The number of nitrogens with zero attached hydrogens (tertiary/aromatic N) is 2. The molecule has 214 valence electrons. The standard InChI is InChI=1S/C30H35BrClN3O4S/c1-21-17-25(15-16-26(21)31)35(40(5,38)39)20-28(36)34(19-23-11-13-24(32)14-12-23)27(29(37)33-30(2,3)4)18-22-9-7-6-8-10-22/h6-17,27H,18-20H2,1-5H3,(H,33,37)/t27-/m0/s1. The third-order valence-electron chi connectivity index (χ3n) is 6.14. The van der Waals surface area contributed by atoms with E-state index in [0.29, 0.717) is 10.7 Å². The number of carbonyl (C=O) groups is 2. The number of aryl methyl sites for hydroxylation is 1. The van der Waals surface area contributed by atoms with Crippen LogP contribution < -0.4 is 9.62 Å². The maximum atomic E-state index is 14.1. The van der Waals surface area contributed by atoms with Gasteiger partial charge in [-0.3, -0.25) is 13.9 Å². The second-order valence-electron chi connectivity index (χ2n) is 10.8. The molecule has 0 saturated heterocycles. The predicted molar refractivity (Wildman–Crippen MR) is 165 cm³/mol. The Labute approximate surface area is 250 Å². The van der Waals surface area contributed by atoms with Crippen LogP contribution >= 0.6 is 27.5 Å². The Hall–Kier alpha value is -2.88. The van der Waals surface area contributed by atoms with Crippen LogP contribution in [0, 0.1) is 6.92 Å². The van der Waals surface area contributed by atoms with Gasteiger partial charge in [0.2, 0.25) is 21.8 Å². The van der Waals surface area contributed by atoms with Crippen molar-refractivity contribution >= 4 is 55.1 Å². The number of rotatable bonds is 10. The summed E-state index contributed by atoms with van der Waals surface area (Å²) in [5.41, 5.74) is 2.26. The van der Waals surface area contributed by atoms with Gasteiger partial charge in [-0.15, -0.1) is 0 Å². The van der Waals surface area contributed by atoms with Crippen LogP contribution in [0.2, 0.25) is 5.02 Å². The van der Waals surface area contributed by atoms with Crippen molar-refractivity contribution in [2.75, 3.05) is 17.1 Å². The lowest BCUT2D eigenvalue weighted by atomic mass is 10.0. The van der Waals surface area contributed by atoms with Gasteiger partial charge in [-0.1, -0.05) is 70.0 Å². The molecule has 0 radical (unpaired) electrons. The molecule has 7 nitrogen and oxygen atoms in total. The molecule has 3 rings (SSSR count). The highest BCUT2D eigenvalue weighted by molar-refractivity contribution is 9.10. The summed E-state index contributed by atoms with van der Waals surface area (Å²) in [7, 11) is -3.84. The second-order valence-corrected chi connectivity index (χ2v) is 14.0. The fourth-order valence-electron chi connectivity index (χ4n) is 4.19. The van der Waals surface area contributed by atoms with E-state index in [1.807, 2.05) is 58.0 Å². The van der Waals surface area contributed by atoms with Crippen LogP contribution in [0.1, 0.15) is 37.5 Å². The van der Waals surface area contributed by atoms with Crippen molar-refractivity contribution in [2.24, 2.45) is 0 Å². The molecule has 0 aliphatic carbocycles. The van der Waals surface area contributed by atoms with E-state index < -0.39 is 34.1 Å². The van der Waals surface area contributed by atoms with Gasteiger partial charge in [-0.05, 0) is 74.7 Å². The lowest BCUT2D eigenvalue weighted by Crippen LogP contribution is -2.56. The topological polar surface area (TPSA) is 86.8 Å². The van der Waals surface area contributed by atoms with Crippen molar-refractivity contribution in [3.8, 4) is 0 Å². The van der Waals surface area contributed by atoms with Crippen LogP contribution in [0.3, 0.4) is 0 Å². The largest absolute Gasteiger partial charge is 0.350 e. The second kappa shape index (κ2) is 13.2. The SMILES string of the molecule is Cc1cc(N(CC(=O)N(Cc2ccc(Cl)cc2)[C@@H](Cc2ccccc2)C(=O)NC(C)(C)C)S(C)(=O)=O)ccc1Br. The Morgan fingerprint density at radius 1 is 0.975 bits per heavy atom. The van der Waals surface area contributed by atoms with Crippen molar-refractivity contribution in [1.29, 1.82) is 0 Å². The van der Waals surface area contributed by atoms with E-state index in [1.165, 1.54) is 4.90 Å². The van der Waals surface area contributed by atoms with Crippen LogP contribution in [-0.2, 0) is 32.6 Å². The van der Waals surface area contributed by atoms with E-state index in [-0.39, 0.29) is 18.9 Å². The van der Waals surface area contributed by atoms with Crippen LogP contribution in [0.5, 0.6) is 0 Å². The summed E-state index contributed by atoms with van der Waals surface area (Å²) in [5.74, 6) is -0.838. The van der Waals surface area contributed by atoms with Crippen molar-refractivity contribution in [1.82, 2.24) is 10.2 Å². The molecule has 0 aliphatic rings. The molecule has 1 atom stereocenters. The van der Waals surface area contributed by atoms with Crippen molar-refractivity contribution in [3.05, 3.63) is 99.0 Å². The number of sulfonamides is 1. The zero-order valence-electron chi connectivity index (χ0n) is 23.3. The molecule has 0 unspecified atom stereocenters. The number of hydrogen-bond acceptors (Lipinski definition) is 4. The minimum absolute atomic E-state index is 0.0854. The zero-order chi connectivity index (χ0) is 29.7. The first kappa shape index (κ1) is 31.6. The Balaban J connectivity index is 2.08. The molecule has 0 fully saturated rings. The van der Waals surface area contributed by atoms with Crippen molar-refractivity contribution in [3.63, 3.8) is 0 Å². The predicted octanol–water partition coefficient (Wildman–Crippen LogP) is 5.73. The van der Waals surface area contributed by atoms with Crippen LogP contribution in [0.25, 0.3) is 0 Å². The summed E-state index contributed by atoms with van der Waals surface area (Å²) in [4.78, 5) is 29.3. The average molecular weight is 649 g/mol. The van der Waals surface area contributed by atoms with E-state index in [2.05, 4.69) is 21.2 Å². The molecule has 0 saturated carbocycles. The maximum absolute atomic E-state index is 14.1. The molecule has 0 heterocycles. The fourth-order valence-corrected chi connectivity index (χ4v) is 5.41. The molecule has 40 heavy (non-hydrogen) atoms. The monoisotopic (exact) mass is 647 g/mol. The van der Waals surface area contributed by atoms with Gasteiger partial charge in [0.25, 0.3) is 0 Å². The van der Waals surface area contributed by atoms with Crippen molar-refractivity contribution in [2.45, 2.75) is 52.2 Å². The Kier molecular flexibility index (Phi) is 10.4. The van der Waals surface area contributed by atoms with Gasteiger partial charge in [0, 0.05) is 28.0 Å². The van der Waals surface area contributed by atoms with E-state index in [1.54, 1.807) is 42.5 Å².